The van der Waals surface area contributed by atoms with Crippen LogP contribution in [-0.4, -0.2) is 56.8 Å². The van der Waals surface area contributed by atoms with Gasteiger partial charge in [0.1, 0.15) is 23.4 Å². The number of carbonyl (C=O) groups is 2. The molecule has 3 aliphatic heterocycles. The first kappa shape index (κ1) is 31.5. The molecule has 8 nitrogen and oxygen atoms in total. The Morgan fingerprint density at radius 1 is 1.15 bits per heavy atom. The molecule has 1 aromatic carbocycles. The number of benzene rings is 1. The Labute approximate surface area is 235 Å². The minimum Gasteiger partial charge on any atom is -0.478 e. The van der Waals surface area contributed by atoms with Crippen molar-refractivity contribution in [1.82, 2.24) is 20.1 Å². The number of amides is 1. The standard InChI is InChI=1S/C24H20F3N5O3.C2H6.CH3F2P/c25-24(26,27)17-8-16(10-29-21-18(23(34)35)6-3-7-28-21)22-30-19(9-20(33)32(22)13-17)31-11-14-4-1-2-5-15(14)12-31;1-2;2-1(3)4/h1-9,13,22,30H,10-12H2,(H,28,29)(H,34,35);1-2H3;1H,4H2. The topological polar surface area (TPSA) is 97.8 Å². The van der Waals surface area contributed by atoms with Crippen molar-refractivity contribution in [2.75, 3.05) is 11.9 Å². The van der Waals surface area contributed by atoms with E-state index in [2.05, 4.69) is 15.6 Å². The number of allylic oxidation sites excluding steroid dienone is 2. The quantitative estimate of drug-likeness (QED) is 0.318. The number of carbonyl (C=O) groups excluding carboxylic acids is 1. The van der Waals surface area contributed by atoms with Crippen LogP contribution in [0, 0.1) is 0 Å². The molecule has 41 heavy (non-hydrogen) atoms. The molecule has 2 atom stereocenters. The van der Waals surface area contributed by atoms with E-state index in [-0.39, 0.29) is 23.5 Å². The number of aromatic nitrogens is 1. The summed E-state index contributed by atoms with van der Waals surface area (Å²) in [5.41, 5.74) is 1.34. The molecule has 0 saturated heterocycles. The second kappa shape index (κ2) is 13.6. The molecule has 5 rings (SSSR count). The molecule has 14 heteroatoms. The van der Waals surface area contributed by atoms with Crippen molar-refractivity contribution in [2.45, 2.75) is 45.4 Å². The van der Waals surface area contributed by atoms with Crippen LogP contribution in [0.2, 0.25) is 0 Å². The highest BCUT2D eigenvalue weighted by molar-refractivity contribution is 7.16. The van der Waals surface area contributed by atoms with Crippen LogP contribution in [-0.2, 0) is 17.9 Å². The fraction of sp³-hybridized carbons (Fsp3) is 0.296. The maximum absolute atomic E-state index is 13.6. The van der Waals surface area contributed by atoms with Gasteiger partial charge in [0.25, 0.3) is 5.91 Å². The summed E-state index contributed by atoms with van der Waals surface area (Å²) < 4.78 is 61.4. The van der Waals surface area contributed by atoms with E-state index in [4.69, 9.17) is 0 Å². The van der Waals surface area contributed by atoms with E-state index in [1.165, 1.54) is 33.6 Å². The summed E-state index contributed by atoms with van der Waals surface area (Å²) in [7, 11) is 1.32. The van der Waals surface area contributed by atoms with Gasteiger partial charge in [0.2, 0.25) is 6.17 Å². The van der Waals surface area contributed by atoms with E-state index in [9.17, 15) is 36.6 Å². The molecular weight excluding hydrogens is 568 g/mol. The Balaban J connectivity index is 0.000000710. The molecule has 0 fully saturated rings. The van der Waals surface area contributed by atoms with Gasteiger partial charge in [0.05, 0.1) is 5.57 Å². The fourth-order valence-electron chi connectivity index (χ4n) is 4.34. The first-order valence-electron chi connectivity index (χ1n) is 12.5. The number of hydrogen-bond acceptors (Lipinski definition) is 6. The minimum absolute atomic E-state index is 0.0171. The van der Waals surface area contributed by atoms with E-state index in [1.54, 1.807) is 0 Å². The molecule has 0 spiro atoms. The molecule has 0 saturated carbocycles. The zero-order valence-corrected chi connectivity index (χ0v) is 23.3. The van der Waals surface area contributed by atoms with Gasteiger partial charge < -0.3 is 20.6 Å². The lowest BCUT2D eigenvalue weighted by Gasteiger charge is -2.41. The predicted octanol–water partition coefficient (Wildman–Crippen LogP) is 5.30. The van der Waals surface area contributed by atoms with Gasteiger partial charge in [-0.25, -0.2) is 18.6 Å². The molecular formula is C27H29F5N5O3P. The largest absolute Gasteiger partial charge is 0.478 e. The Bertz CT molecular complexity index is 1340. The van der Waals surface area contributed by atoms with Crippen molar-refractivity contribution in [3.63, 3.8) is 0 Å². The van der Waals surface area contributed by atoms with Crippen LogP contribution in [0.4, 0.5) is 27.8 Å². The summed E-state index contributed by atoms with van der Waals surface area (Å²) in [5, 5.41) is 15.4. The Hall–Kier alpha value is -3.99. The summed E-state index contributed by atoms with van der Waals surface area (Å²) >= 11 is 0. The van der Waals surface area contributed by atoms with Crippen LogP contribution in [0.15, 0.2) is 77.9 Å². The maximum Gasteiger partial charge on any atom is 0.417 e. The fourth-order valence-corrected chi connectivity index (χ4v) is 4.34. The van der Waals surface area contributed by atoms with Gasteiger partial charge >= 0.3 is 12.1 Å². The number of rotatable bonds is 5. The number of aromatic carboxylic acids is 1. The number of nitrogens with zero attached hydrogens (tertiary/aromatic N) is 3. The third-order valence-corrected chi connectivity index (χ3v) is 6.05. The van der Waals surface area contributed by atoms with Gasteiger partial charge in [0, 0.05) is 38.1 Å². The van der Waals surface area contributed by atoms with Crippen molar-refractivity contribution < 1.29 is 36.6 Å². The molecule has 2 unspecified atom stereocenters. The lowest BCUT2D eigenvalue weighted by molar-refractivity contribution is -0.127. The van der Waals surface area contributed by atoms with Crippen molar-refractivity contribution in [3.05, 3.63) is 94.6 Å². The van der Waals surface area contributed by atoms with E-state index >= 15 is 0 Å². The van der Waals surface area contributed by atoms with Crippen molar-refractivity contribution in [2.24, 2.45) is 0 Å². The zero-order chi connectivity index (χ0) is 30.3. The number of nitrogens with one attached hydrogen (secondary N) is 2. The molecule has 0 radical (unpaired) electrons. The van der Waals surface area contributed by atoms with Crippen LogP contribution < -0.4 is 10.6 Å². The number of fused-ring (bicyclic) bond motifs is 2. The molecule has 2 aromatic rings. The van der Waals surface area contributed by atoms with Gasteiger partial charge in [-0.05, 0) is 34.9 Å². The summed E-state index contributed by atoms with van der Waals surface area (Å²) in [4.78, 5) is 31.4. The normalized spacial score (nSPS) is 17.4. The summed E-state index contributed by atoms with van der Waals surface area (Å²) in [6.07, 6.45) is -3.37. The Morgan fingerprint density at radius 2 is 1.76 bits per heavy atom. The third kappa shape index (κ3) is 7.81. The number of halogens is 5. The van der Waals surface area contributed by atoms with Crippen LogP contribution in [0.3, 0.4) is 0 Å². The molecule has 0 aliphatic carbocycles. The first-order chi connectivity index (χ1) is 19.4. The van der Waals surface area contributed by atoms with Gasteiger partial charge in [-0.2, -0.15) is 13.2 Å². The lowest BCUT2D eigenvalue weighted by atomic mass is 10.0. The highest BCUT2D eigenvalue weighted by Gasteiger charge is 2.41. The Morgan fingerprint density at radius 3 is 2.32 bits per heavy atom. The predicted molar refractivity (Wildman–Crippen MR) is 147 cm³/mol. The van der Waals surface area contributed by atoms with Gasteiger partial charge in [-0.3, -0.25) is 9.69 Å². The van der Waals surface area contributed by atoms with Crippen LogP contribution in [0.5, 0.6) is 0 Å². The van der Waals surface area contributed by atoms with Crippen LogP contribution >= 0.6 is 9.24 Å². The molecule has 1 aromatic heterocycles. The second-order valence-corrected chi connectivity index (χ2v) is 9.14. The number of alkyl halides is 5. The maximum atomic E-state index is 13.6. The highest BCUT2D eigenvalue weighted by Crippen LogP contribution is 2.35. The molecule has 3 N–H and O–H groups in total. The highest BCUT2D eigenvalue weighted by atomic mass is 31.0. The average molecular weight is 598 g/mol. The van der Waals surface area contributed by atoms with E-state index in [0.717, 1.165) is 28.3 Å². The number of carboxylic acid groups (broad SMARTS) is 1. The van der Waals surface area contributed by atoms with E-state index in [0.29, 0.717) is 18.9 Å². The average Bonchev–Trinajstić information content (AvgIpc) is 3.37. The number of pyridine rings is 1. The van der Waals surface area contributed by atoms with E-state index < -0.39 is 36.0 Å². The first-order valence-corrected chi connectivity index (χ1v) is 13.2. The molecule has 0 bridgehead atoms. The second-order valence-electron chi connectivity index (χ2n) is 8.64. The Kier molecular flexibility index (Phi) is 10.4. The minimum atomic E-state index is -4.67. The summed E-state index contributed by atoms with van der Waals surface area (Å²) in [6, 6.07) is 10.6. The van der Waals surface area contributed by atoms with Crippen LogP contribution in [0.1, 0.15) is 35.3 Å². The van der Waals surface area contributed by atoms with Crippen molar-refractivity contribution in [1.29, 1.82) is 0 Å². The zero-order valence-electron chi connectivity index (χ0n) is 22.1. The number of anilines is 1. The van der Waals surface area contributed by atoms with Gasteiger partial charge in [-0.15, -0.1) is 0 Å². The molecule has 220 valence electrons. The SMILES string of the molecule is CC.FC(F)P.O=C(O)c1cccnc1NCC1=CC(C(F)(F)F)=CN2C(=O)C=C(N3Cc4ccccc4C3)NC12. The molecule has 3 aliphatic rings. The summed E-state index contributed by atoms with van der Waals surface area (Å²) in [6.45, 7) is 4.96. The lowest BCUT2D eigenvalue weighted by Crippen LogP contribution is -2.54. The number of hydrogen-bond donors (Lipinski definition) is 3. The third-order valence-electron chi connectivity index (χ3n) is 6.05. The van der Waals surface area contributed by atoms with Gasteiger partial charge in [-0.1, -0.05) is 47.4 Å². The van der Waals surface area contributed by atoms with Crippen molar-refractivity contribution >= 4 is 26.9 Å². The van der Waals surface area contributed by atoms with E-state index in [1.807, 2.05) is 43.0 Å². The smallest absolute Gasteiger partial charge is 0.417 e. The summed E-state index contributed by atoms with van der Waals surface area (Å²) in [5.74, 6) is -1.29. The van der Waals surface area contributed by atoms with Gasteiger partial charge in [0.15, 0.2) is 0 Å². The molecule has 4 heterocycles. The van der Waals surface area contributed by atoms with Crippen LogP contribution in [0.25, 0.3) is 0 Å². The van der Waals surface area contributed by atoms with Crippen molar-refractivity contribution in [3.8, 4) is 0 Å². The number of carboxylic acids is 1. The molecule has 1 amide bonds. The monoisotopic (exact) mass is 597 g/mol.